The summed E-state index contributed by atoms with van der Waals surface area (Å²) in [5.74, 6) is 0.569. The lowest BCUT2D eigenvalue weighted by atomic mass is 10.0. The Morgan fingerprint density at radius 2 is 1.62 bits per heavy atom. The van der Waals surface area contributed by atoms with E-state index in [0.29, 0.717) is 12.4 Å². The maximum Gasteiger partial charge on any atom is 0.135 e. The normalized spacial score (nSPS) is 10.8. The highest BCUT2D eigenvalue weighted by Gasteiger charge is 2.05. The van der Waals surface area contributed by atoms with Crippen molar-refractivity contribution in [1.29, 1.82) is 0 Å². The van der Waals surface area contributed by atoms with Crippen molar-refractivity contribution in [3.8, 4) is 0 Å². The van der Waals surface area contributed by atoms with E-state index in [9.17, 15) is 4.79 Å². The number of Topliss-reactive ketones (excluding diaryl/α,β-unsaturated/α-hetero) is 1. The Hall–Kier alpha value is -0.370. The molecule has 0 aromatic heterocycles. The second-order valence-corrected chi connectivity index (χ2v) is 3.86. The van der Waals surface area contributed by atoms with Gasteiger partial charge in [-0.2, -0.15) is 0 Å². The summed E-state index contributed by atoms with van der Waals surface area (Å²) in [6.07, 6.45) is 6.01. The molecule has 0 aromatic rings. The highest BCUT2D eigenvalue weighted by Crippen LogP contribution is 2.08. The third-order valence-corrected chi connectivity index (χ3v) is 2.23. The zero-order valence-electron chi connectivity index (χ0n) is 8.88. The molecule has 13 heavy (non-hydrogen) atoms. The first-order chi connectivity index (χ1) is 6.18. The van der Waals surface area contributed by atoms with Crippen LogP contribution in [0.4, 0.5) is 0 Å². The molecule has 1 N–H and O–H groups in total. The van der Waals surface area contributed by atoms with Crippen LogP contribution in [-0.2, 0) is 4.79 Å². The molecule has 0 saturated heterocycles. The standard InChI is InChI=1S/C11H22O2/c1-10(2)11(13)8-6-4-3-5-7-9-12/h10,12H,3-9H2,1-2H3. The third kappa shape index (κ3) is 7.97. The van der Waals surface area contributed by atoms with Crippen LogP contribution in [0.15, 0.2) is 0 Å². The van der Waals surface area contributed by atoms with Crippen molar-refractivity contribution in [2.24, 2.45) is 5.92 Å². The molecule has 0 aromatic carbocycles. The highest BCUT2D eigenvalue weighted by atomic mass is 16.2. The molecule has 0 fully saturated rings. The van der Waals surface area contributed by atoms with E-state index in [2.05, 4.69) is 0 Å². The fourth-order valence-corrected chi connectivity index (χ4v) is 1.23. The van der Waals surface area contributed by atoms with Gasteiger partial charge in [-0.1, -0.05) is 33.1 Å². The molecule has 0 spiro atoms. The Balaban J connectivity index is 3.12. The molecule has 0 aliphatic rings. The number of rotatable bonds is 8. The van der Waals surface area contributed by atoms with Gasteiger partial charge in [-0.25, -0.2) is 0 Å². The lowest BCUT2D eigenvalue weighted by Crippen LogP contribution is -2.05. The molecule has 0 saturated carbocycles. The molecule has 0 unspecified atom stereocenters. The summed E-state index contributed by atoms with van der Waals surface area (Å²) >= 11 is 0. The van der Waals surface area contributed by atoms with E-state index < -0.39 is 0 Å². The Morgan fingerprint density at radius 1 is 1.08 bits per heavy atom. The van der Waals surface area contributed by atoms with Gasteiger partial charge in [0.2, 0.25) is 0 Å². The molecule has 0 atom stereocenters. The van der Waals surface area contributed by atoms with Crippen molar-refractivity contribution in [2.45, 2.75) is 52.4 Å². The quantitative estimate of drug-likeness (QED) is 0.591. The monoisotopic (exact) mass is 186 g/mol. The molecule has 2 nitrogen and oxygen atoms in total. The second kappa shape index (κ2) is 8.24. The van der Waals surface area contributed by atoms with Crippen LogP contribution < -0.4 is 0 Å². The fraction of sp³-hybridized carbons (Fsp3) is 0.909. The molecule has 78 valence electrons. The molecule has 0 heterocycles. The Labute approximate surface area is 81.3 Å². The molecule has 0 aliphatic heterocycles. The Bertz CT molecular complexity index is 130. The lowest BCUT2D eigenvalue weighted by Gasteiger charge is -2.03. The van der Waals surface area contributed by atoms with Crippen LogP contribution in [0.1, 0.15) is 52.4 Å². The first kappa shape index (κ1) is 12.6. The van der Waals surface area contributed by atoms with Crippen molar-refractivity contribution >= 4 is 5.78 Å². The van der Waals surface area contributed by atoms with Gasteiger partial charge in [-0.3, -0.25) is 4.79 Å². The van der Waals surface area contributed by atoms with Gasteiger partial charge >= 0.3 is 0 Å². The molecule has 0 aliphatic carbocycles. The minimum atomic E-state index is 0.192. The number of unbranched alkanes of at least 4 members (excludes halogenated alkanes) is 4. The van der Waals surface area contributed by atoms with Crippen molar-refractivity contribution in [3.63, 3.8) is 0 Å². The first-order valence-electron chi connectivity index (χ1n) is 5.32. The average molecular weight is 186 g/mol. The van der Waals surface area contributed by atoms with Gasteiger partial charge < -0.3 is 5.11 Å². The van der Waals surface area contributed by atoms with E-state index >= 15 is 0 Å². The van der Waals surface area contributed by atoms with E-state index in [0.717, 1.165) is 38.5 Å². The van der Waals surface area contributed by atoms with Gasteiger partial charge in [0.25, 0.3) is 0 Å². The van der Waals surface area contributed by atoms with Gasteiger partial charge in [0, 0.05) is 18.9 Å². The smallest absolute Gasteiger partial charge is 0.135 e. The molecule has 0 bridgehead atoms. The van der Waals surface area contributed by atoms with Crippen LogP contribution in [0.5, 0.6) is 0 Å². The van der Waals surface area contributed by atoms with Gasteiger partial charge in [0.05, 0.1) is 0 Å². The SMILES string of the molecule is CC(C)C(=O)CCCCCCCO. The number of hydrogen-bond acceptors (Lipinski definition) is 2. The van der Waals surface area contributed by atoms with Gasteiger partial charge in [0.15, 0.2) is 0 Å². The molecule has 2 heteroatoms. The van der Waals surface area contributed by atoms with Gasteiger partial charge in [-0.05, 0) is 12.8 Å². The van der Waals surface area contributed by atoms with E-state index in [-0.39, 0.29) is 5.92 Å². The van der Waals surface area contributed by atoms with E-state index in [1.165, 1.54) is 0 Å². The van der Waals surface area contributed by atoms with E-state index in [1.54, 1.807) is 0 Å². The largest absolute Gasteiger partial charge is 0.396 e. The van der Waals surface area contributed by atoms with Crippen LogP contribution in [-0.4, -0.2) is 17.5 Å². The number of ketones is 1. The summed E-state index contributed by atoms with van der Waals surface area (Å²) in [6, 6.07) is 0. The minimum absolute atomic E-state index is 0.192. The maximum absolute atomic E-state index is 11.2. The van der Waals surface area contributed by atoms with E-state index in [1.807, 2.05) is 13.8 Å². The lowest BCUT2D eigenvalue weighted by molar-refractivity contribution is -0.122. The van der Waals surface area contributed by atoms with Crippen LogP contribution in [0.2, 0.25) is 0 Å². The minimum Gasteiger partial charge on any atom is -0.396 e. The number of aliphatic hydroxyl groups is 1. The first-order valence-corrected chi connectivity index (χ1v) is 5.32. The average Bonchev–Trinajstić information content (AvgIpc) is 2.10. The predicted molar refractivity (Wildman–Crippen MR) is 54.6 cm³/mol. The highest BCUT2D eigenvalue weighted by molar-refractivity contribution is 5.80. The summed E-state index contributed by atoms with van der Waals surface area (Å²) in [5, 5.41) is 8.53. The van der Waals surface area contributed by atoms with Crippen LogP contribution in [0, 0.1) is 5.92 Å². The summed E-state index contributed by atoms with van der Waals surface area (Å²) in [4.78, 5) is 11.2. The number of aliphatic hydroxyl groups excluding tert-OH is 1. The van der Waals surface area contributed by atoms with Crippen molar-refractivity contribution in [1.82, 2.24) is 0 Å². The van der Waals surface area contributed by atoms with Crippen LogP contribution in [0.3, 0.4) is 0 Å². The van der Waals surface area contributed by atoms with Crippen LogP contribution in [0.25, 0.3) is 0 Å². The zero-order valence-corrected chi connectivity index (χ0v) is 8.88. The topological polar surface area (TPSA) is 37.3 Å². The molecular weight excluding hydrogens is 164 g/mol. The molecular formula is C11H22O2. The molecule has 0 amide bonds. The number of carbonyl (C=O) groups is 1. The fourth-order valence-electron chi connectivity index (χ4n) is 1.23. The third-order valence-electron chi connectivity index (χ3n) is 2.23. The van der Waals surface area contributed by atoms with Gasteiger partial charge in [-0.15, -0.1) is 0 Å². The summed E-state index contributed by atoms with van der Waals surface area (Å²) in [5.41, 5.74) is 0. The van der Waals surface area contributed by atoms with Gasteiger partial charge in [0.1, 0.15) is 5.78 Å². The van der Waals surface area contributed by atoms with Crippen LogP contribution >= 0.6 is 0 Å². The number of hydrogen-bond donors (Lipinski definition) is 1. The Kier molecular flexibility index (Phi) is 8.00. The predicted octanol–water partition coefficient (Wildman–Crippen LogP) is 2.54. The van der Waals surface area contributed by atoms with Crippen molar-refractivity contribution in [3.05, 3.63) is 0 Å². The van der Waals surface area contributed by atoms with Crippen molar-refractivity contribution < 1.29 is 9.90 Å². The maximum atomic E-state index is 11.2. The summed E-state index contributed by atoms with van der Waals surface area (Å²) < 4.78 is 0. The summed E-state index contributed by atoms with van der Waals surface area (Å²) in [6.45, 7) is 4.20. The van der Waals surface area contributed by atoms with Crippen molar-refractivity contribution in [2.75, 3.05) is 6.61 Å². The molecule has 0 rings (SSSR count). The summed E-state index contributed by atoms with van der Waals surface area (Å²) in [7, 11) is 0. The molecule has 0 radical (unpaired) electrons. The Morgan fingerprint density at radius 3 is 2.15 bits per heavy atom. The number of carbonyl (C=O) groups excluding carboxylic acids is 1. The van der Waals surface area contributed by atoms with E-state index in [4.69, 9.17) is 5.11 Å². The second-order valence-electron chi connectivity index (χ2n) is 3.86. The zero-order chi connectivity index (χ0) is 10.1.